The molecule has 0 fully saturated rings. The molecule has 1 aromatic rings. The van der Waals surface area contributed by atoms with Gasteiger partial charge in [0.2, 0.25) is 0 Å². The molecule has 0 saturated carbocycles. The number of allylic oxidation sites excluding steroid dienone is 1. The number of benzene rings is 1. The lowest BCUT2D eigenvalue weighted by Crippen LogP contribution is -2.32. The van der Waals surface area contributed by atoms with Crippen molar-refractivity contribution in [3.8, 4) is 0 Å². The zero-order valence-corrected chi connectivity index (χ0v) is 12.4. The first-order valence-electron chi connectivity index (χ1n) is 7.79. The molecule has 0 spiro atoms. The minimum absolute atomic E-state index is 0.0135. The fourth-order valence-electron chi connectivity index (χ4n) is 3.30. The number of rotatable bonds is 3. The van der Waals surface area contributed by atoms with E-state index in [1.54, 1.807) is 0 Å². The highest BCUT2D eigenvalue weighted by molar-refractivity contribution is 5.32. The van der Waals surface area contributed by atoms with E-state index in [0.29, 0.717) is 6.54 Å². The van der Waals surface area contributed by atoms with Crippen LogP contribution in [-0.2, 0) is 6.54 Å². The summed E-state index contributed by atoms with van der Waals surface area (Å²) in [6.07, 6.45) is 3.47. The molecule has 0 N–H and O–H groups in total. The van der Waals surface area contributed by atoms with E-state index in [1.807, 2.05) is 35.2 Å². The average molecular weight is 307 g/mol. The lowest BCUT2D eigenvalue weighted by molar-refractivity contribution is -0.0936. The van der Waals surface area contributed by atoms with Gasteiger partial charge in [-0.15, -0.1) is 0 Å². The van der Waals surface area contributed by atoms with E-state index in [2.05, 4.69) is 6.08 Å². The lowest BCUT2D eigenvalue weighted by Gasteiger charge is -2.28. The van der Waals surface area contributed by atoms with Gasteiger partial charge in [-0.2, -0.15) is 13.2 Å². The Morgan fingerprint density at radius 1 is 1.09 bits per heavy atom. The monoisotopic (exact) mass is 307 g/mol. The smallest absolute Gasteiger partial charge is 0.285 e. The molecule has 0 amide bonds. The van der Waals surface area contributed by atoms with Crippen molar-refractivity contribution < 1.29 is 13.2 Å². The fraction of sp³-hybridized carbons (Fsp3) is 0.444. The van der Waals surface area contributed by atoms with E-state index in [1.165, 1.54) is 6.08 Å². The Bertz CT molecular complexity index is 572. The molecule has 118 valence electrons. The Kier molecular flexibility index (Phi) is 4.39. The van der Waals surface area contributed by atoms with Crippen LogP contribution in [-0.4, -0.2) is 23.7 Å². The highest BCUT2D eigenvalue weighted by Gasteiger charge is 2.41. The van der Waals surface area contributed by atoms with Crippen LogP contribution in [0.3, 0.4) is 0 Å². The van der Waals surface area contributed by atoms with Crippen LogP contribution < -0.4 is 0 Å². The summed E-state index contributed by atoms with van der Waals surface area (Å²) in [6.45, 7) is 0.541. The molecule has 0 aromatic heterocycles. The van der Waals surface area contributed by atoms with Crippen molar-refractivity contribution in [3.05, 3.63) is 59.2 Å². The summed E-state index contributed by atoms with van der Waals surface area (Å²) in [7, 11) is 0. The Morgan fingerprint density at radius 3 is 2.50 bits per heavy atom. The quantitative estimate of drug-likeness (QED) is 0.721. The van der Waals surface area contributed by atoms with Gasteiger partial charge in [0.25, 0.3) is 0 Å². The second kappa shape index (κ2) is 6.29. The molecule has 4 heteroatoms. The molecular weight excluding hydrogens is 287 g/mol. The summed E-state index contributed by atoms with van der Waals surface area (Å²) in [5, 5.41) is 0. The maximum atomic E-state index is 13.1. The van der Waals surface area contributed by atoms with Gasteiger partial charge in [-0.1, -0.05) is 48.1 Å². The van der Waals surface area contributed by atoms with Crippen LogP contribution in [0.2, 0.25) is 0 Å². The Labute approximate surface area is 129 Å². The molecule has 0 radical (unpaired) electrons. The van der Waals surface area contributed by atoms with Crippen molar-refractivity contribution in [1.82, 2.24) is 4.90 Å². The zero-order valence-electron chi connectivity index (χ0n) is 12.4. The zero-order chi connectivity index (χ0) is 15.6. The van der Waals surface area contributed by atoms with Gasteiger partial charge in [0, 0.05) is 18.7 Å². The van der Waals surface area contributed by atoms with Crippen molar-refractivity contribution >= 4 is 0 Å². The van der Waals surface area contributed by atoms with Crippen molar-refractivity contribution in [2.24, 2.45) is 0 Å². The number of nitrogens with zero attached hydrogens (tertiary/aromatic N) is 1. The van der Waals surface area contributed by atoms with Crippen molar-refractivity contribution in [2.45, 2.75) is 44.4 Å². The minimum Gasteiger partial charge on any atom is -0.285 e. The second-order valence-corrected chi connectivity index (χ2v) is 6.05. The molecule has 1 unspecified atom stereocenters. The van der Waals surface area contributed by atoms with Crippen LogP contribution in [0.1, 0.15) is 31.2 Å². The van der Waals surface area contributed by atoms with Crippen LogP contribution in [0.25, 0.3) is 0 Å². The highest BCUT2D eigenvalue weighted by atomic mass is 19.4. The first-order chi connectivity index (χ1) is 10.5. The topological polar surface area (TPSA) is 3.24 Å². The van der Waals surface area contributed by atoms with Crippen LogP contribution in [0, 0.1) is 0 Å². The summed E-state index contributed by atoms with van der Waals surface area (Å²) in [6, 6.07) is 9.53. The van der Waals surface area contributed by atoms with Gasteiger partial charge < -0.3 is 0 Å². The third kappa shape index (κ3) is 3.43. The molecule has 1 aliphatic heterocycles. The Balaban J connectivity index is 1.83. The van der Waals surface area contributed by atoms with Crippen LogP contribution in [0.4, 0.5) is 13.2 Å². The first-order valence-corrected chi connectivity index (χ1v) is 7.79. The molecule has 1 aliphatic carbocycles. The van der Waals surface area contributed by atoms with E-state index in [-0.39, 0.29) is 12.6 Å². The van der Waals surface area contributed by atoms with E-state index < -0.39 is 11.7 Å². The fourth-order valence-corrected chi connectivity index (χ4v) is 3.30. The van der Waals surface area contributed by atoms with E-state index in [0.717, 1.165) is 36.8 Å². The molecule has 3 rings (SSSR count). The third-order valence-corrected chi connectivity index (χ3v) is 4.42. The molecule has 1 heterocycles. The van der Waals surface area contributed by atoms with Crippen molar-refractivity contribution in [1.29, 1.82) is 0 Å². The summed E-state index contributed by atoms with van der Waals surface area (Å²) >= 11 is 0. The summed E-state index contributed by atoms with van der Waals surface area (Å²) in [4.78, 5) is 1.94. The van der Waals surface area contributed by atoms with Crippen molar-refractivity contribution in [3.63, 3.8) is 0 Å². The molecule has 1 aromatic carbocycles. The minimum atomic E-state index is -4.22. The van der Waals surface area contributed by atoms with Crippen molar-refractivity contribution in [2.75, 3.05) is 6.54 Å². The number of halogens is 3. The third-order valence-electron chi connectivity index (χ3n) is 4.42. The molecule has 1 nitrogen and oxygen atoms in total. The maximum absolute atomic E-state index is 13.1. The van der Waals surface area contributed by atoms with E-state index in [9.17, 15) is 13.2 Å². The summed E-state index contributed by atoms with van der Waals surface area (Å²) in [5.74, 6) is 0. The van der Waals surface area contributed by atoms with Crippen LogP contribution in [0.15, 0.2) is 53.6 Å². The Hall–Kier alpha value is -1.55. The van der Waals surface area contributed by atoms with Crippen LogP contribution >= 0.6 is 0 Å². The van der Waals surface area contributed by atoms with Gasteiger partial charge in [0.05, 0.1) is 6.04 Å². The van der Waals surface area contributed by atoms with Gasteiger partial charge in [0.15, 0.2) is 0 Å². The van der Waals surface area contributed by atoms with Gasteiger partial charge in [-0.25, -0.2) is 0 Å². The number of hydrogen-bond donors (Lipinski definition) is 0. The largest absolute Gasteiger partial charge is 0.413 e. The predicted octanol–water partition coefficient (Wildman–Crippen LogP) is 4.86. The average Bonchev–Trinajstić information content (AvgIpc) is 2.93. The van der Waals surface area contributed by atoms with E-state index >= 15 is 0 Å². The lowest BCUT2D eigenvalue weighted by atomic mass is 9.93. The predicted molar refractivity (Wildman–Crippen MR) is 81.3 cm³/mol. The molecular formula is C18H20F3N. The van der Waals surface area contributed by atoms with Crippen LogP contribution in [0.5, 0.6) is 0 Å². The van der Waals surface area contributed by atoms with Gasteiger partial charge in [-0.3, -0.25) is 4.90 Å². The molecule has 2 aliphatic rings. The standard InChI is InChI=1S/C18H20F3N/c19-18(20,21)16-11-17(15-9-5-2-6-10-15)22(13-16)12-14-7-3-1-4-8-14/h1,3-4,7-9,11,17H,2,5-6,10,12-13H2. The summed E-state index contributed by atoms with van der Waals surface area (Å²) in [5.41, 5.74) is 1.81. The molecule has 22 heavy (non-hydrogen) atoms. The van der Waals surface area contributed by atoms with Gasteiger partial charge >= 0.3 is 6.18 Å². The number of alkyl halides is 3. The normalized spacial score (nSPS) is 23.3. The SMILES string of the molecule is FC(F)(F)C1=CC(C2=CCCCC2)N(Cc2ccccc2)C1. The molecule has 1 atom stereocenters. The van der Waals surface area contributed by atoms with Gasteiger partial charge in [0.1, 0.15) is 0 Å². The first kappa shape index (κ1) is 15.3. The maximum Gasteiger partial charge on any atom is 0.413 e. The van der Waals surface area contributed by atoms with Gasteiger partial charge in [-0.05, 0) is 31.2 Å². The summed E-state index contributed by atoms with van der Waals surface area (Å²) < 4.78 is 39.3. The Morgan fingerprint density at radius 2 is 1.86 bits per heavy atom. The molecule has 0 bridgehead atoms. The highest BCUT2D eigenvalue weighted by Crippen LogP contribution is 2.36. The second-order valence-electron chi connectivity index (χ2n) is 6.05. The number of hydrogen-bond acceptors (Lipinski definition) is 1. The van der Waals surface area contributed by atoms with E-state index in [4.69, 9.17) is 0 Å². The molecule has 0 saturated heterocycles.